The van der Waals surface area contributed by atoms with E-state index >= 15 is 0 Å². The Morgan fingerprint density at radius 1 is 1.39 bits per heavy atom. The van der Waals surface area contributed by atoms with Crippen molar-refractivity contribution >= 4 is 40.0 Å². The van der Waals surface area contributed by atoms with E-state index < -0.39 is 5.97 Å². The summed E-state index contributed by atoms with van der Waals surface area (Å²) in [4.78, 5) is 26.1. The van der Waals surface area contributed by atoms with Crippen LogP contribution in [-0.2, 0) is 13.1 Å². The minimum absolute atomic E-state index is 0.0526. The van der Waals surface area contributed by atoms with E-state index in [-0.39, 0.29) is 23.6 Å². The highest BCUT2D eigenvalue weighted by atomic mass is 35.5. The van der Waals surface area contributed by atoms with E-state index in [0.717, 1.165) is 16.6 Å². The van der Waals surface area contributed by atoms with E-state index in [4.69, 9.17) is 16.0 Å². The predicted molar refractivity (Wildman–Crippen MR) is 102 cm³/mol. The van der Waals surface area contributed by atoms with Gasteiger partial charge in [-0.25, -0.2) is 9.31 Å². The van der Waals surface area contributed by atoms with E-state index in [9.17, 15) is 14.7 Å². The van der Waals surface area contributed by atoms with Crippen molar-refractivity contribution in [3.63, 3.8) is 0 Å². The molecule has 0 unspecified atom stereocenters. The van der Waals surface area contributed by atoms with Crippen LogP contribution in [0.3, 0.4) is 0 Å². The molecular formula is C20H14ClN3O4. The molecule has 0 bridgehead atoms. The lowest BCUT2D eigenvalue weighted by atomic mass is 10.1. The average molecular weight is 396 g/mol. The summed E-state index contributed by atoms with van der Waals surface area (Å²) < 4.78 is 7.50. The molecule has 28 heavy (non-hydrogen) atoms. The number of benzene rings is 1. The Balaban J connectivity index is 1.58. The number of carboxylic acid groups (broad SMARTS) is 1. The number of rotatable bonds is 3. The summed E-state index contributed by atoms with van der Waals surface area (Å²) in [5.41, 5.74) is 3.35. The van der Waals surface area contributed by atoms with Crippen LogP contribution in [0.15, 0.2) is 41.1 Å². The van der Waals surface area contributed by atoms with Crippen LogP contribution >= 0.6 is 11.6 Å². The topological polar surface area (TPSA) is 88.1 Å². The number of furan rings is 1. The zero-order chi connectivity index (χ0) is 19.6. The Kier molecular flexibility index (Phi) is 3.51. The molecule has 1 aliphatic heterocycles. The van der Waals surface area contributed by atoms with Crippen molar-refractivity contribution in [1.29, 1.82) is 0 Å². The monoisotopic (exact) mass is 395 g/mol. The van der Waals surface area contributed by atoms with Crippen molar-refractivity contribution in [2.24, 2.45) is 0 Å². The number of aromatic nitrogens is 2. The van der Waals surface area contributed by atoms with Gasteiger partial charge in [0.2, 0.25) is 0 Å². The quantitative estimate of drug-likeness (QED) is 0.568. The molecule has 0 spiro atoms. The minimum atomic E-state index is -1.09. The molecule has 0 saturated carbocycles. The first kappa shape index (κ1) is 16.8. The number of aromatic carboxylic acids is 1. The third kappa shape index (κ3) is 2.33. The Morgan fingerprint density at radius 2 is 2.21 bits per heavy atom. The van der Waals surface area contributed by atoms with E-state index in [1.807, 2.05) is 12.1 Å². The number of pyridine rings is 1. The second-order valence-electron chi connectivity index (χ2n) is 6.88. The summed E-state index contributed by atoms with van der Waals surface area (Å²) in [7, 11) is 0. The minimum Gasteiger partial charge on any atom is -0.478 e. The Morgan fingerprint density at radius 3 is 3.00 bits per heavy atom. The van der Waals surface area contributed by atoms with Crippen LogP contribution in [-0.4, -0.2) is 31.5 Å². The zero-order valence-electron chi connectivity index (χ0n) is 14.8. The normalized spacial score (nSPS) is 13.6. The maximum atomic E-state index is 12.9. The van der Waals surface area contributed by atoms with Gasteiger partial charge in [0, 0.05) is 18.1 Å². The lowest BCUT2D eigenvalue weighted by Gasteiger charge is -2.26. The number of amides is 1. The van der Waals surface area contributed by atoms with Crippen molar-refractivity contribution in [3.8, 4) is 0 Å². The maximum absolute atomic E-state index is 12.9. The fraction of sp³-hybridized carbons (Fsp3) is 0.150. The van der Waals surface area contributed by atoms with Gasteiger partial charge in [0.25, 0.3) is 5.91 Å². The van der Waals surface area contributed by atoms with Crippen LogP contribution in [0.4, 0.5) is 0 Å². The number of carboxylic acids is 1. The first-order valence-corrected chi connectivity index (χ1v) is 9.01. The average Bonchev–Trinajstić information content (AvgIpc) is 3.22. The lowest BCUT2D eigenvalue weighted by Crippen LogP contribution is -2.33. The summed E-state index contributed by atoms with van der Waals surface area (Å²) in [5.74, 6) is -0.892. The number of carbonyl (C=O) groups is 2. The summed E-state index contributed by atoms with van der Waals surface area (Å²) in [6.45, 7) is 2.32. The van der Waals surface area contributed by atoms with Gasteiger partial charge in [0.05, 0.1) is 28.8 Å². The van der Waals surface area contributed by atoms with Gasteiger partial charge in [-0.15, -0.1) is 0 Å². The smallest absolute Gasteiger partial charge is 0.339 e. The summed E-state index contributed by atoms with van der Waals surface area (Å²) in [6, 6.07) is 7.15. The molecule has 7 nitrogen and oxygen atoms in total. The Hall–Kier alpha value is -3.32. The van der Waals surface area contributed by atoms with Gasteiger partial charge >= 0.3 is 5.97 Å². The fourth-order valence-corrected chi connectivity index (χ4v) is 4.01. The molecule has 8 heteroatoms. The van der Waals surface area contributed by atoms with Gasteiger partial charge in [-0.3, -0.25) is 4.79 Å². The van der Waals surface area contributed by atoms with Crippen LogP contribution in [0.1, 0.15) is 37.6 Å². The van der Waals surface area contributed by atoms with Crippen molar-refractivity contribution in [1.82, 2.24) is 14.5 Å². The molecule has 4 aromatic rings. The Bertz CT molecular complexity index is 1300. The van der Waals surface area contributed by atoms with E-state index in [0.29, 0.717) is 28.3 Å². The standard InChI is InChI=1S/C20H14ClN3O4/c1-10-5-12-16(21)15(28-18(12)13(6-10)20(26)27)9-23-8-11-3-2-4-24-17(11)14(7-22-24)19(23)25/h2-7H,8-9H2,1H3,(H,26,27). The number of halogens is 1. The number of carbonyl (C=O) groups excluding carboxylic acids is 1. The number of nitrogens with zero attached hydrogens (tertiary/aromatic N) is 3. The van der Waals surface area contributed by atoms with E-state index in [1.165, 1.54) is 0 Å². The van der Waals surface area contributed by atoms with E-state index in [1.54, 1.807) is 40.9 Å². The van der Waals surface area contributed by atoms with Crippen LogP contribution in [0.2, 0.25) is 5.02 Å². The molecule has 0 radical (unpaired) electrons. The largest absolute Gasteiger partial charge is 0.478 e. The van der Waals surface area contributed by atoms with Gasteiger partial charge in [-0.05, 0) is 36.2 Å². The third-order valence-corrected chi connectivity index (χ3v) is 5.42. The molecule has 0 fully saturated rings. The number of aryl methyl sites for hydroxylation is 1. The maximum Gasteiger partial charge on any atom is 0.339 e. The molecule has 1 amide bonds. The molecule has 0 atom stereocenters. The zero-order valence-corrected chi connectivity index (χ0v) is 15.5. The van der Waals surface area contributed by atoms with Crippen LogP contribution in [0.25, 0.3) is 16.5 Å². The summed E-state index contributed by atoms with van der Waals surface area (Å²) >= 11 is 6.49. The van der Waals surface area contributed by atoms with Crippen molar-refractivity contribution in [3.05, 3.63) is 69.7 Å². The van der Waals surface area contributed by atoms with Crippen LogP contribution < -0.4 is 0 Å². The van der Waals surface area contributed by atoms with Crippen molar-refractivity contribution < 1.29 is 19.1 Å². The van der Waals surface area contributed by atoms with Gasteiger partial charge in [-0.1, -0.05) is 17.7 Å². The van der Waals surface area contributed by atoms with Gasteiger partial charge < -0.3 is 14.4 Å². The highest BCUT2D eigenvalue weighted by Crippen LogP contribution is 2.36. The molecule has 1 N–H and O–H groups in total. The predicted octanol–water partition coefficient (Wildman–Crippen LogP) is 3.90. The Labute approximate surface area is 163 Å². The summed E-state index contributed by atoms with van der Waals surface area (Å²) in [6.07, 6.45) is 3.36. The highest BCUT2D eigenvalue weighted by Gasteiger charge is 2.29. The van der Waals surface area contributed by atoms with E-state index in [2.05, 4.69) is 5.10 Å². The molecule has 4 heterocycles. The molecule has 5 rings (SSSR count). The van der Waals surface area contributed by atoms with Gasteiger partial charge in [-0.2, -0.15) is 5.10 Å². The molecular weight excluding hydrogens is 382 g/mol. The number of fused-ring (bicyclic) bond motifs is 1. The SMILES string of the molecule is Cc1cc(C(=O)O)c2oc(CN3Cc4cccn5ncc(c45)C3=O)c(Cl)c2c1. The molecule has 1 aliphatic rings. The third-order valence-electron chi connectivity index (χ3n) is 5.01. The second-order valence-corrected chi connectivity index (χ2v) is 7.26. The van der Waals surface area contributed by atoms with Crippen LogP contribution in [0, 0.1) is 6.92 Å². The first-order chi connectivity index (χ1) is 13.4. The number of hydrogen-bond acceptors (Lipinski definition) is 4. The molecule has 140 valence electrons. The molecule has 0 saturated heterocycles. The lowest BCUT2D eigenvalue weighted by molar-refractivity contribution is 0.0690. The van der Waals surface area contributed by atoms with Gasteiger partial charge in [0.1, 0.15) is 11.3 Å². The van der Waals surface area contributed by atoms with Gasteiger partial charge in [0.15, 0.2) is 5.58 Å². The number of hydrogen-bond donors (Lipinski definition) is 1. The van der Waals surface area contributed by atoms with Crippen molar-refractivity contribution in [2.75, 3.05) is 0 Å². The molecule has 3 aromatic heterocycles. The van der Waals surface area contributed by atoms with Crippen molar-refractivity contribution in [2.45, 2.75) is 20.0 Å². The second kappa shape index (κ2) is 5.84. The summed E-state index contributed by atoms with van der Waals surface area (Å²) in [5, 5.41) is 14.6. The molecule has 1 aromatic carbocycles. The van der Waals surface area contributed by atoms with Crippen LogP contribution in [0.5, 0.6) is 0 Å². The fourth-order valence-electron chi connectivity index (χ4n) is 3.77. The molecule has 0 aliphatic carbocycles. The highest BCUT2D eigenvalue weighted by molar-refractivity contribution is 6.36. The first-order valence-electron chi connectivity index (χ1n) is 8.63.